The van der Waals surface area contributed by atoms with Crippen LogP contribution in [0.1, 0.15) is 29.0 Å². The summed E-state index contributed by atoms with van der Waals surface area (Å²) in [6, 6.07) is 18.4. The lowest BCUT2D eigenvalue weighted by atomic mass is 9.82. The molecule has 0 saturated carbocycles. The highest BCUT2D eigenvalue weighted by Crippen LogP contribution is 2.49. The van der Waals surface area contributed by atoms with E-state index in [1.54, 1.807) is 20.3 Å². The molecule has 166 valence electrons. The molecule has 0 fully saturated rings. The molecule has 2 heterocycles. The van der Waals surface area contributed by atoms with Gasteiger partial charge in [-0.05, 0) is 30.2 Å². The van der Waals surface area contributed by atoms with Gasteiger partial charge in [0.05, 0.1) is 26.0 Å². The molecule has 6 heteroatoms. The quantitative estimate of drug-likeness (QED) is 0.245. The maximum absolute atomic E-state index is 12.8. The highest BCUT2D eigenvalue weighted by atomic mass is 16.5. The van der Waals surface area contributed by atoms with E-state index in [4.69, 9.17) is 18.6 Å². The van der Waals surface area contributed by atoms with Crippen LogP contribution in [-0.2, 0) is 4.79 Å². The molecule has 6 nitrogen and oxygen atoms in total. The molecular weight excluding hydrogens is 420 g/mol. The van der Waals surface area contributed by atoms with E-state index in [9.17, 15) is 9.59 Å². The molecule has 1 atom stereocenters. The van der Waals surface area contributed by atoms with Crippen molar-refractivity contribution in [3.63, 3.8) is 0 Å². The minimum atomic E-state index is -0.462. The molecule has 0 N–H and O–H groups in total. The summed E-state index contributed by atoms with van der Waals surface area (Å²) in [6.45, 7) is 1.93. The molecule has 3 aromatic carbocycles. The van der Waals surface area contributed by atoms with Crippen molar-refractivity contribution >= 4 is 16.9 Å². The van der Waals surface area contributed by atoms with E-state index in [1.165, 1.54) is 6.07 Å². The van der Waals surface area contributed by atoms with Crippen LogP contribution < -0.4 is 19.8 Å². The van der Waals surface area contributed by atoms with Crippen molar-refractivity contribution in [2.75, 3.05) is 14.2 Å². The van der Waals surface area contributed by atoms with E-state index in [-0.39, 0.29) is 18.3 Å². The van der Waals surface area contributed by atoms with Gasteiger partial charge in [0.2, 0.25) is 0 Å². The number of hydrogen-bond donors (Lipinski definition) is 0. The average molecular weight is 442 g/mol. The standard InChI is InChI=1S/C27H22O6/c1-15-11-22-26(19(13-23(28)32-22)16-7-5-4-6-8-16)27-25(15)20(14-24(29)33-27)18-10-9-17(30-2)12-21(18)31-3/h4-13,20H,14H2,1-3H3/t20-/m1/s1. The number of hydrogen-bond acceptors (Lipinski definition) is 6. The topological polar surface area (TPSA) is 75.0 Å². The second-order valence-corrected chi connectivity index (χ2v) is 7.99. The van der Waals surface area contributed by atoms with Crippen molar-refractivity contribution in [3.8, 4) is 28.4 Å². The van der Waals surface area contributed by atoms with Gasteiger partial charge in [-0.2, -0.15) is 0 Å². The molecule has 5 rings (SSSR count). The molecule has 0 radical (unpaired) electrons. The minimum absolute atomic E-state index is 0.166. The first-order valence-electron chi connectivity index (χ1n) is 10.6. The Kier molecular flexibility index (Phi) is 5.13. The number of benzene rings is 3. The van der Waals surface area contributed by atoms with Crippen molar-refractivity contribution in [2.24, 2.45) is 0 Å². The minimum Gasteiger partial charge on any atom is -0.497 e. The Balaban J connectivity index is 1.83. The molecule has 1 aliphatic rings. The molecule has 0 spiro atoms. The summed E-state index contributed by atoms with van der Waals surface area (Å²) in [7, 11) is 3.19. The van der Waals surface area contributed by atoms with Crippen molar-refractivity contribution in [3.05, 3.63) is 87.8 Å². The van der Waals surface area contributed by atoms with Crippen LogP contribution in [-0.4, -0.2) is 20.2 Å². The zero-order chi connectivity index (χ0) is 23.1. The Bertz CT molecular complexity index is 1430. The third kappa shape index (κ3) is 3.53. The van der Waals surface area contributed by atoms with Crippen LogP contribution in [0.15, 0.2) is 69.9 Å². The van der Waals surface area contributed by atoms with E-state index in [0.29, 0.717) is 33.8 Å². The summed E-state index contributed by atoms with van der Waals surface area (Å²) in [5, 5.41) is 0.604. The number of ether oxygens (including phenoxy) is 3. The van der Waals surface area contributed by atoms with Crippen LogP contribution in [0.3, 0.4) is 0 Å². The van der Waals surface area contributed by atoms with Crippen molar-refractivity contribution in [1.29, 1.82) is 0 Å². The fourth-order valence-electron chi connectivity index (χ4n) is 4.62. The first-order chi connectivity index (χ1) is 16.0. The van der Waals surface area contributed by atoms with Crippen LogP contribution in [0, 0.1) is 6.92 Å². The lowest BCUT2D eigenvalue weighted by molar-refractivity contribution is -0.135. The van der Waals surface area contributed by atoms with Gasteiger partial charge in [0.1, 0.15) is 22.8 Å². The van der Waals surface area contributed by atoms with Crippen LogP contribution in [0.4, 0.5) is 0 Å². The number of fused-ring (bicyclic) bond motifs is 3. The van der Waals surface area contributed by atoms with Crippen LogP contribution in [0.5, 0.6) is 17.2 Å². The Hall–Kier alpha value is -4.06. The molecule has 0 saturated heterocycles. The van der Waals surface area contributed by atoms with Gasteiger partial charge in [-0.1, -0.05) is 36.4 Å². The van der Waals surface area contributed by atoms with Crippen molar-refractivity contribution in [2.45, 2.75) is 19.3 Å². The molecule has 0 bridgehead atoms. The summed E-state index contributed by atoms with van der Waals surface area (Å²) in [6.07, 6.45) is 0.166. The van der Waals surface area contributed by atoms with Gasteiger partial charge < -0.3 is 18.6 Å². The average Bonchev–Trinajstić information content (AvgIpc) is 2.82. The highest BCUT2D eigenvalue weighted by Gasteiger charge is 2.34. The van der Waals surface area contributed by atoms with Crippen LogP contribution in [0.25, 0.3) is 22.1 Å². The van der Waals surface area contributed by atoms with Gasteiger partial charge >= 0.3 is 11.6 Å². The number of esters is 1. The van der Waals surface area contributed by atoms with E-state index in [0.717, 1.165) is 22.3 Å². The van der Waals surface area contributed by atoms with E-state index >= 15 is 0 Å². The first-order valence-corrected chi connectivity index (χ1v) is 10.6. The Morgan fingerprint density at radius 3 is 2.45 bits per heavy atom. The SMILES string of the molecule is COc1ccc([C@H]2CC(=O)Oc3c2c(C)cc2oc(=O)cc(-c4ccccc4)c32)c(OC)c1. The molecule has 0 unspecified atom stereocenters. The predicted octanol–water partition coefficient (Wildman–Crippen LogP) is 5.23. The fraction of sp³-hybridized carbons (Fsp3) is 0.185. The zero-order valence-electron chi connectivity index (χ0n) is 18.5. The van der Waals surface area contributed by atoms with Crippen LogP contribution >= 0.6 is 0 Å². The second kappa shape index (κ2) is 8.13. The van der Waals surface area contributed by atoms with Crippen molar-refractivity contribution < 1.29 is 23.4 Å². The molecular formula is C27H22O6. The predicted molar refractivity (Wildman–Crippen MR) is 124 cm³/mol. The van der Waals surface area contributed by atoms with Gasteiger partial charge in [0.15, 0.2) is 0 Å². The normalized spacial score (nSPS) is 15.1. The lowest BCUT2D eigenvalue weighted by Gasteiger charge is -2.29. The monoisotopic (exact) mass is 442 g/mol. The van der Waals surface area contributed by atoms with Crippen molar-refractivity contribution in [1.82, 2.24) is 0 Å². The summed E-state index contributed by atoms with van der Waals surface area (Å²) in [4.78, 5) is 25.2. The number of carbonyl (C=O) groups excluding carboxylic acids is 1. The molecule has 1 aromatic heterocycles. The summed E-state index contributed by atoms with van der Waals surface area (Å²) >= 11 is 0. The second-order valence-electron chi connectivity index (χ2n) is 7.99. The molecule has 0 aliphatic carbocycles. The summed E-state index contributed by atoms with van der Waals surface area (Å²) < 4.78 is 22.3. The lowest BCUT2D eigenvalue weighted by Crippen LogP contribution is -2.23. The van der Waals surface area contributed by atoms with E-state index in [1.807, 2.05) is 55.5 Å². The van der Waals surface area contributed by atoms with Gasteiger partial charge in [-0.25, -0.2) is 4.79 Å². The number of methoxy groups -OCH3 is 2. The largest absolute Gasteiger partial charge is 0.497 e. The molecule has 4 aromatic rings. The van der Waals surface area contributed by atoms with E-state index < -0.39 is 5.63 Å². The molecule has 0 amide bonds. The Labute approximate surface area is 190 Å². The first kappa shape index (κ1) is 20.8. The summed E-state index contributed by atoms with van der Waals surface area (Å²) in [5.74, 6) is 1.07. The highest BCUT2D eigenvalue weighted by molar-refractivity contribution is 6.01. The smallest absolute Gasteiger partial charge is 0.336 e. The van der Waals surface area contributed by atoms with Gasteiger partial charge in [-0.15, -0.1) is 0 Å². The van der Waals surface area contributed by atoms with Crippen LogP contribution in [0.2, 0.25) is 0 Å². The van der Waals surface area contributed by atoms with Gasteiger partial charge in [-0.3, -0.25) is 4.79 Å². The van der Waals surface area contributed by atoms with Gasteiger partial charge in [0, 0.05) is 34.7 Å². The Morgan fingerprint density at radius 1 is 0.939 bits per heavy atom. The third-order valence-electron chi connectivity index (χ3n) is 6.07. The molecule has 1 aliphatic heterocycles. The third-order valence-corrected chi connectivity index (χ3v) is 6.07. The molecule has 33 heavy (non-hydrogen) atoms. The van der Waals surface area contributed by atoms with E-state index in [2.05, 4.69) is 0 Å². The maximum Gasteiger partial charge on any atom is 0.336 e. The van der Waals surface area contributed by atoms with Gasteiger partial charge in [0.25, 0.3) is 0 Å². The zero-order valence-corrected chi connectivity index (χ0v) is 18.5. The fourth-order valence-corrected chi connectivity index (χ4v) is 4.62. The Morgan fingerprint density at radius 2 is 1.73 bits per heavy atom. The number of aryl methyl sites for hydroxylation is 1. The summed E-state index contributed by atoms with van der Waals surface area (Å²) in [5.41, 5.74) is 4.01. The number of carbonyl (C=O) groups is 1. The number of rotatable bonds is 4. The maximum atomic E-state index is 12.8.